The van der Waals surface area contributed by atoms with Gasteiger partial charge in [0.2, 0.25) is 5.91 Å². The molecule has 9 nitrogen and oxygen atoms in total. The number of hydrogen-bond acceptors (Lipinski definition) is 7. The van der Waals surface area contributed by atoms with Crippen LogP contribution in [0.4, 0.5) is 11.8 Å². The van der Waals surface area contributed by atoms with Gasteiger partial charge in [-0.2, -0.15) is 5.10 Å². The number of aromatic nitrogens is 4. The van der Waals surface area contributed by atoms with E-state index in [0.29, 0.717) is 17.5 Å². The summed E-state index contributed by atoms with van der Waals surface area (Å²) >= 11 is 0. The molecule has 0 radical (unpaired) electrons. The van der Waals surface area contributed by atoms with Crippen LogP contribution in [-0.2, 0) is 4.79 Å². The molecule has 3 aromatic heterocycles. The van der Waals surface area contributed by atoms with Gasteiger partial charge in [0.05, 0.1) is 12.8 Å². The Bertz CT molecular complexity index is 805. The highest BCUT2D eigenvalue weighted by Gasteiger charge is 2.16. The van der Waals surface area contributed by atoms with E-state index < -0.39 is 0 Å². The average Bonchev–Trinajstić information content (AvgIpc) is 3.28. The first-order chi connectivity index (χ1) is 11.5. The number of likely N-dealkylation sites (N-methyl/N-ethyl adjacent to an activating group) is 1. The molecule has 0 aromatic carbocycles. The van der Waals surface area contributed by atoms with E-state index in [-0.39, 0.29) is 24.4 Å². The van der Waals surface area contributed by atoms with Crippen LogP contribution in [0.1, 0.15) is 25.5 Å². The van der Waals surface area contributed by atoms with E-state index in [9.17, 15) is 4.79 Å². The molecule has 0 fully saturated rings. The molecule has 0 aliphatic carbocycles. The number of furan rings is 1. The zero-order valence-electron chi connectivity index (χ0n) is 13.6. The van der Waals surface area contributed by atoms with E-state index in [0.717, 1.165) is 5.69 Å². The van der Waals surface area contributed by atoms with Crippen molar-refractivity contribution in [2.45, 2.75) is 19.8 Å². The van der Waals surface area contributed by atoms with E-state index in [4.69, 9.17) is 8.83 Å². The van der Waals surface area contributed by atoms with Gasteiger partial charge in [0.1, 0.15) is 0 Å². The fourth-order valence-corrected chi connectivity index (χ4v) is 2.05. The van der Waals surface area contributed by atoms with Crippen molar-refractivity contribution < 1.29 is 13.6 Å². The second-order valence-electron chi connectivity index (χ2n) is 5.63. The van der Waals surface area contributed by atoms with Gasteiger partial charge in [-0.05, 0) is 18.1 Å². The fraction of sp³-hybridized carbons (Fsp3) is 0.333. The quantitative estimate of drug-likeness (QED) is 0.712. The molecule has 0 aliphatic heterocycles. The van der Waals surface area contributed by atoms with E-state index in [1.165, 1.54) is 6.26 Å². The maximum Gasteiger partial charge on any atom is 0.322 e. The van der Waals surface area contributed by atoms with E-state index in [2.05, 4.69) is 39.6 Å². The highest BCUT2D eigenvalue weighted by Crippen LogP contribution is 2.20. The lowest BCUT2D eigenvalue weighted by Gasteiger charge is -2.14. The number of rotatable bonds is 6. The lowest BCUT2D eigenvalue weighted by atomic mass is 10.1. The first-order valence-corrected chi connectivity index (χ1v) is 7.46. The number of nitrogens with zero attached hydrogens (tertiary/aromatic N) is 4. The molecule has 0 saturated heterocycles. The van der Waals surface area contributed by atoms with E-state index in [1.54, 1.807) is 24.1 Å². The summed E-state index contributed by atoms with van der Waals surface area (Å²) < 4.78 is 10.5. The maximum atomic E-state index is 12.1. The molecule has 3 heterocycles. The minimum atomic E-state index is -0.291. The summed E-state index contributed by atoms with van der Waals surface area (Å²) in [5.41, 5.74) is 1.01. The number of anilines is 2. The smallest absolute Gasteiger partial charge is 0.322 e. The highest BCUT2D eigenvalue weighted by molar-refractivity contribution is 5.92. The predicted octanol–water partition coefficient (Wildman–Crippen LogP) is 2.25. The van der Waals surface area contributed by atoms with Crippen molar-refractivity contribution in [3.63, 3.8) is 0 Å². The van der Waals surface area contributed by atoms with Crippen LogP contribution in [-0.4, -0.2) is 39.9 Å². The van der Waals surface area contributed by atoms with Crippen molar-refractivity contribution >= 4 is 17.7 Å². The van der Waals surface area contributed by atoms with Crippen LogP contribution < -0.4 is 10.2 Å². The van der Waals surface area contributed by atoms with Crippen LogP contribution in [0.25, 0.3) is 11.7 Å². The van der Waals surface area contributed by atoms with Crippen molar-refractivity contribution in [1.82, 2.24) is 20.4 Å². The maximum absolute atomic E-state index is 12.1. The summed E-state index contributed by atoms with van der Waals surface area (Å²) in [5.74, 6) is 1.39. The molecule has 3 rings (SSSR count). The van der Waals surface area contributed by atoms with Gasteiger partial charge in [0.25, 0.3) is 5.89 Å². The minimum Gasteiger partial charge on any atom is -0.459 e. The highest BCUT2D eigenvalue weighted by atomic mass is 16.4. The summed E-state index contributed by atoms with van der Waals surface area (Å²) in [7, 11) is 1.78. The van der Waals surface area contributed by atoms with E-state index in [1.807, 2.05) is 6.07 Å². The SMILES string of the molecule is CC(C)c1cc(N(C)CC(=O)Nc2nnc(-c3ccco3)o2)n[nH]1. The van der Waals surface area contributed by atoms with Crippen molar-refractivity contribution in [3.8, 4) is 11.7 Å². The lowest BCUT2D eigenvalue weighted by Crippen LogP contribution is -2.30. The van der Waals surface area contributed by atoms with Crippen LogP contribution in [0.15, 0.2) is 33.3 Å². The topological polar surface area (TPSA) is 113 Å². The van der Waals surface area contributed by atoms with Crippen LogP contribution in [0.2, 0.25) is 0 Å². The van der Waals surface area contributed by atoms with Crippen molar-refractivity contribution in [3.05, 3.63) is 30.2 Å². The zero-order valence-corrected chi connectivity index (χ0v) is 13.6. The van der Waals surface area contributed by atoms with Gasteiger partial charge in [0, 0.05) is 18.8 Å². The summed E-state index contributed by atoms with van der Waals surface area (Å²) in [6.45, 7) is 4.23. The predicted molar refractivity (Wildman–Crippen MR) is 86.6 cm³/mol. The largest absolute Gasteiger partial charge is 0.459 e. The molecule has 3 aromatic rings. The molecular formula is C15H18N6O3. The number of amides is 1. The van der Waals surface area contributed by atoms with Gasteiger partial charge in [-0.1, -0.05) is 18.9 Å². The molecule has 0 saturated carbocycles. The van der Waals surface area contributed by atoms with Crippen molar-refractivity contribution in [2.75, 3.05) is 23.8 Å². The summed E-state index contributed by atoms with van der Waals surface area (Å²) in [4.78, 5) is 13.8. The standard InChI is InChI=1S/C15H18N6O3/c1-9(2)10-7-12(18-17-10)21(3)8-13(22)16-15-20-19-14(24-15)11-5-4-6-23-11/h4-7,9H,8H2,1-3H3,(H,17,18)(H,16,20,22). The molecule has 2 N–H and O–H groups in total. The Morgan fingerprint density at radius 1 is 1.42 bits per heavy atom. The van der Waals surface area contributed by atoms with E-state index >= 15 is 0 Å². The Labute approximate surface area is 138 Å². The van der Waals surface area contributed by atoms with Gasteiger partial charge >= 0.3 is 6.01 Å². The van der Waals surface area contributed by atoms with Crippen LogP contribution >= 0.6 is 0 Å². The number of nitrogens with one attached hydrogen (secondary N) is 2. The van der Waals surface area contributed by atoms with Crippen molar-refractivity contribution in [2.24, 2.45) is 0 Å². The summed E-state index contributed by atoms with van der Waals surface area (Å²) in [5, 5.41) is 17.3. The monoisotopic (exact) mass is 330 g/mol. The lowest BCUT2D eigenvalue weighted by molar-refractivity contribution is -0.115. The summed E-state index contributed by atoms with van der Waals surface area (Å²) in [6.07, 6.45) is 1.50. The Morgan fingerprint density at radius 3 is 2.92 bits per heavy atom. The first kappa shape index (κ1) is 15.8. The zero-order chi connectivity index (χ0) is 17.1. The van der Waals surface area contributed by atoms with Gasteiger partial charge < -0.3 is 13.7 Å². The number of aromatic amines is 1. The van der Waals surface area contributed by atoms with Gasteiger partial charge in [-0.3, -0.25) is 15.2 Å². The van der Waals surface area contributed by atoms with Crippen molar-refractivity contribution in [1.29, 1.82) is 0 Å². The van der Waals surface area contributed by atoms with Crippen LogP contribution in [0.5, 0.6) is 0 Å². The third kappa shape index (κ3) is 3.45. The third-order valence-corrected chi connectivity index (χ3v) is 3.38. The second kappa shape index (κ2) is 6.57. The Kier molecular flexibility index (Phi) is 4.32. The molecule has 0 atom stereocenters. The molecule has 0 aliphatic rings. The first-order valence-electron chi connectivity index (χ1n) is 7.46. The molecule has 0 bridgehead atoms. The second-order valence-corrected chi connectivity index (χ2v) is 5.63. The molecule has 126 valence electrons. The Hall–Kier alpha value is -3.10. The van der Waals surface area contributed by atoms with Gasteiger partial charge in [0.15, 0.2) is 11.6 Å². The number of hydrogen-bond donors (Lipinski definition) is 2. The molecule has 0 spiro atoms. The fourth-order valence-electron chi connectivity index (χ4n) is 2.05. The average molecular weight is 330 g/mol. The molecule has 0 unspecified atom stereocenters. The molecule has 24 heavy (non-hydrogen) atoms. The van der Waals surface area contributed by atoms with Crippen LogP contribution in [0, 0.1) is 0 Å². The normalized spacial score (nSPS) is 11.0. The molecule has 1 amide bonds. The number of carbonyl (C=O) groups is 1. The van der Waals surface area contributed by atoms with Crippen LogP contribution in [0.3, 0.4) is 0 Å². The minimum absolute atomic E-state index is 0.0182. The van der Waals surface area contributed by atoms with Gasteiger partial charge in [-0.25, -0.2) is 0 Å². The van der Waals surface area contributed by atoms with Gasteiger partial charge in [-0.15, -0.1) is 5.10 Å². The molecule has 9 heteroatoms. The molecular weight excluding hydrogens is 312 g/mol. The summed E-state index contributed by atoms with van der Waals surface area (Å²) in [6, 6.07) is 5.34. The Morgan fingerprint density at radius 2 is 2.25 bits per heavy atom. The Balaban J connectivity index is 1.59. The third-order valence-electron chi connectivity index (χ3n) is 3.38. The number of carbonyl (C=O) groups excluding carboxylic acids is 1. The number of H-pyrrole nitrogens is 1.